The second-order valence-corrected chi connectivity index (χ2v) is 8.76. The number of fused-ring (bicyclic) bond motifs is 1. The average Bonchev–Trinajstić information content (AvgIpc) is 3.13. The van der Waals surface area contributed by atoms with E-state index in [2.05, 4.69) is 21.3 Å². The van der Waals surface area contributed by atoms with E-state index in [1.54, 1.807) is 0 Å². The highest BCUT2D eigenvalue weighted by Crippen LogP contribution is 2.26. The fourth-order valence-electron chi connectivity index (χ4n) is 3.26. The summed E-state index contributed by atoms with van der Waals surface area (Å²) in [5, 5.41) is 3.86. The standard InChI is InChI=1S/C17H25N3O2S/c1-20(2)11-9-14-13-6-3-4-7-15(13)19-16(14)12-23(21,22)17-8-5-10-18-17/h3-4,6-7,17-19H,5,8-12H2,1-2H3. The third kappa shape index (κ3) is 3.59. The third-order valence-corrected chi connectivity index (χ3v) is 6.47. The molecule has 6 heteroatoms. The highest BCUT2D eigenvalue weighted by molar-refractivity contribution is 7.91. The van der Waals surface area contributed by atoms with Crippen molar-refractivity contribution in [3.8, 4) is 0 Å². The molecule has 2 N–H and O–H groups in total. The van der Waals surface area contributed by atoms with E-state index in [9.17, 15) is 8.42 Å². The van der Waals surface area contributed by atoms with Crippen molar-refractivity contribution in [2.45, 2.75) is 30.4 Å². The summed E-state index contributed by atoms with van der Waals surface area (Å²) in [7, 11) is 0.893. The number of rotatable bonds is 6. The van der Waals surface area contributed by atoms with Gasteiger partial charge in [-0.2, -0.15) is 0 Å². The van der Waals surface area contributed by atoms with Gasteiger partial charge in [-0.25, -0.2) is 8.42 Å². The van der Waals surface area contributed by atoms with Crippen LogP contribution in [0.25, 0.3) is 10.9 Å². The molecule has 1 unspecified atom stereocenters. The van der Waals surface area contributed by atoms with Gasteiger partial charge in [0.05, 0.1) is 5.75 Å². The van der Waals surface area contributed by atoms with Crippen LogP contribution in [0.2, 0.25) is 0 Å². The van der Waals surface area contributed by atoms with Crippen molar-refractivity contribution in [3.05, 3.63) is 35.5 Å². The maximum absolute atomic E-state index is 12.7. The molecule has 126 valence electrons. The highest BCUT2D eigenvalue weighted by atomic mass is 32.2. The number of H-pyrrole nitrogens is 1. The largest absolute Gasteiger partial charge is 0.357 e. The Labute approximate surface area is 138 Å². The second kappa shape index (κ2) is 6.63. The minimum atomic E-state index is -3.18. The van der Waals surface area contributed by atoms with Crippen molar-refractivity contribution in [3.63, 3.8) is 0 Å². The van der Waals surface area contributed by atoms with E-state index in [1.165, 1.54) is 0 Å². The summed E-state index contributed by atoms with van der Waals surface area (Å²) in [6.45, 7) is 1.70. The smallest absolute Gasteiger partial charge is 0.171 e. The number of para-hydroxylation sites is 1. The van der Waals surface area contributed by atoms with E-state index >= 15 is 0 Å². The number of nitrogens with one attached hydrogen (secondary N) is 2. The summed E-state index contributed by atoms with van der Waals surface area (Å²) < 4.78 is 25.4. The van der Waals surface area contributed by atoms with Gasteiger partial charge in [0.15, 0.2) is 9.84 Å². The third-order valence-electron chi connectivity index (χ3n) is 4.51. The molecule has 1 aromatic carbocycles. The van der Waals surface area contributed by atoms with Gasteiger partial charge in [-0.1, -0.05) is 18.2 Å². The lowest BCUT2D eigenvalue weighted by Crippen LogP contribution is -2.32. The molecular formula is C17H25N3O2S. The molecule has 0 radical (unpaired) electrons. The van der Waals surface area contributed by atoms with Crippen LogP contribution in [-0.2, 0) is 22.0 Å². The molecule has 2 aromatic rings. The topological polar surface area (TPSA) is 65.2 Å². The van der Waals surface area contributed by atoms with Crippen LogP contribution in [0.15, 0.2) is 24.3 Å². The van der Waals surface area contributed by atoms with E-state index in [4.69, 9.17) is 0 Å². The lowest BCUT2D eigenvalue weighted by Gasteiger charge is -2.13. The molecule has 1 aromatic heterocycles. The number of benzene rings is 1. The highest BCUT2D eigenvalue weighted by Gasteiger charge is 2.29. The minimum absolute atomic E-state index is 0.0854. The first-order chi connectivity index (χ1) is 11.0. The zero-order valence-electron chi connectivity index (χ0n) is 13.8. The number of likely N-dealkylation sites (N-methyl/N-ethyl adjacent to an activating group) is 1. The van der Waals surface area contributed by atoms with Crippen molar-refractivity contribution in [1.82, 2.24) is 15.2 Å². The van der Waals surface area contributed by atoms with E-state index in [-0.39, 0.29) is 5.75 Å². The van der Waals surface area contributed by atoms with Crippen molar-refractivity contribution in [1.29, 1.82) is 0 Å². The molecule has 0 aliphatic carbocycles. The molecule has 1 fully saturated rings. The first-order valence-electron chi connectivity index (χ1n) is 8.15. The van der Waals surface area contributed by atoms with Crippen LogP contribution in [0, 0.1) is 0 Å². The van der Waals surface area contributed by atoms with Crippen LogP contribution in [0.5, 0.6) is 0 Å². The average molecular weight is 335 g/mol. The van der Waals surface area contributed by atoms with Crippen molar-refractivity contribution in [2.75, 3.05) is 27.2 Å². The Morgan fingerprint density at radius 1 is 1.26 bits per heavy atom. The Morgan fingerprint density at radius 3 is 2.74 bits per heavy atom. The zero-order valence-corrected chi connectivity index (χ0v) is 14.6. The van der Waals surface area contributed by atoms with Gasteiger partial charge in [-0.3, -0.25) is 0 Å². The SMILES string of the molecule is CN(C)CCc1c(CS(=O)(=O)C2CCCN2)[nH]c2ccccc12. The summed E-state index contributed by atoms with van der Waals surface area (Å²) in [6, 6.07) is 8.07. The zero-order chi connectivity index (χ0) is 16.4. The lowest BCUT2D eigenvalue weighted by atomic mass is 10.1. The quantitative estimate of drug-likeness (QED) is 0.846. The van der Waals surface area contributed by atoms with Gasteiger partial charge in [-0.15, -0.1) is 0 Å². The van der Waals surface area contributed by atoms with Gasteiger partial charge in [0.1, 0.15) is 5.37 Å². The number of nitrogens with zero attached hydrogens (tertiary/aromatic N) is 1. The Hall–Kier alpha value is -1.37. The molecule has 3 rings (SSSR count). The summed E-state index contributed by atoms with van der Waals surface area (Å²) in [5.74, 6) is 0.0854. The number of aromatic amines is 1. The molecule has 1 aliphatic heterocycles. The molecule has 1 saturated heterocycles. The summed E-state index contributed by atoms with van der Waals surface area (Å²) in [6.07, 6.45) is 2.50. The predicted octanol–water partition coefficient (Wildman–Crippen LogP) is 1.90. The molecule has 0 saturated carbocycles. The number of aromatic nitrogens is 1. The Bertz CT molecular complexity index is 774. The normalized spacial score (nSPS) is 19.0. The van der Waals surface area contributed by atoms with Crippen molar-refractivity contribution in [2.24, 2.45) is 0 Å². The van der Waals surface area contributed by atoms with Crippen LogP contribution in [0.3, 0.4) is 0 Å². The summed E-state index contributed by atoms with van der Waals surface area (Å²) >= 11 is 0. The molecule has 2 heterocycles. The monoisotopic (exact) mass is 335 g/mol. The molecule has 5 nitrogen and oxygen atoms in total. The summed E-state index contributed by atoms with van der Waals surface area (Å²) in [4.78, 5) is 5.47. The minimum Gasteiger partial charge on any atom is -0.357 e. The Kier molecular flexibility index (Phi) is 4.75. The molecule has 23 heavy (non-hydrogen) atoms. The van der Waals surface area contributed by atoms with Crippen LogP contribution in [-0.4, -0.2) is 50.9 Å². The maximum Gasteiger partial charge on any atom is 0.171 e. The van der Waals surface area contributed by atoms with Crippen molar-refractivity contribution < 1.29 is 8.42 Å². The fraction of sp³-hybridized carbons (Fsp3) is 0.529. The fourth-order valence-corrected chi connectivity index (χ4v) is 5.01. The van der Waals surface area contributed by atoms with Crippen LogP contribution >= 0.6 is 0 Å². The van der Waals surface area contributed by atoms with Gasteiger partial charge in [-0.05, 0) is 51.5 Å². The molecule has 0 spiro atoms. The van der Waals surface area contributed by atoms with Gasteiger partial charge < -0.3 is 15.2 Å². The van der Waals surface area contributed by atoms with Gasteiger partial charge in [0.2, 0.25) is 0 Å². The number of sulfone groups is 1. The molecule has 0 bridgehead atoms. The predicted molar refractivity (Wildman–Crippen MR) is 94.2 cm³/mol. The van der Waals surface area contributed by atoms with Gasteiger partial charge >= 0.3 is 0 Å². The summed E-state index contributed by atoms with van der Waals surface area (Å²) in [5.41, 5.74) is 3.00. The van der Waals surface area contributed by atoms with E-state index in [1.807, 2.05) is 32.3 Å². The second-order valence-electron chi connectivity index (χ2n) is 6.57. The number of hydrogen-bond donors (Lipinski definition) is 2. The van der Waals surface area contributed by atoms with Crippen LogP contribution < -0.4 is 5.32 Å². The van der Waals surface area contributed by atoms with E-state index < -0.39 is 15.2 Å². The van der Waals surface area contributed by atoms with Crippen molar-refractivity contribution >= 4 is 20.7 Å². The van der Waals surface area contributed by atoms with Gasteiger partial charge in [0.25, 0.3) is 0 Å². The Morgan fingerprint density at radius 2 is 2.04 bits per heavy atom. The molecule has 1 aliphatic rings. The molecular weight excluding hydrogens is 310 g/mol. The molecule has 0 amide bonds. The lowest BCUT2D eigenvalue weighted by molar-refractivity contribution is 0.414. The van der Waals surface area contributed by atoms with Crippen LogP contribution in [0.4, 0.5) is 0 Å². The van der Waals surface area contributed by atoms with Gasteiger partial charge in [0, 0.05) is 23.1 Å². The first-order valence-corrected chi connectivity index (χ1v) is 9.87. The first kappa shape index (κ1) is 16.5. The van der Waals surface area contributed by atoms with E-state index in [0.717, 1.165) is 54.5 Å². The number of hydrogen-bond acceptors (Lipinski definition) is 4. The van der Waals surface area contributed by atoms with Crippen LogP contribution in [0.1, 0.15) is 24.1 Å². The maximum atomic E-state index is 12.7. The van der Waals surface area contributed by atoms with E-state index in [0.29, 0.717) is 0 Å². The molecule has 1 atom stereocenters. The Balaban J connectivity index is 1.94.